The summed E-state index contributed by atoms with van der Waals surface area (Å²) in [5.74, 6) is -0.174. The van der Waals surface area contributed by atoms with Crippen molar-refractivity contribution < 1.29 is 13.2 Å². The molecule has 1 amide bonds. The summed E-state index contributed by atoms with van der Waals surface area (Å²) in [7, 11) is -0.575. The Balaban J connectivity index is 1.83. The molecule has 0 saturated carbocycles. The van der Waals surface area contributed by atoms with Crippen LogP contribution in [0.15, 0.2) is 70.9 Å². The van der Waals surface area contributed by atoms with Crippen molar-refractivity contribution in [3.05, 3.63) is 81.5 Å². The average Bonchev–Trinajstić information content (AvgIpc) is 3.20. The van der Waals surface area contributed by atoms with Crippen LogP contribution in [0, 0.1) is 0 Å². The molecule has 0 aliphatic heterocycles. The third-order valence-electron chi connectivity index (χ3n) is 4.25. The van der Waals surface area contributed by atoms with E-state index >= 15 is 0 Å². The van der Waals surface area contributed by atoms with Crippen LogP contribution in [0.1, 0.15) is 15.2 Å². The minimum absolute atomic E-state index is 0.131. The van der Waals surface area contributed by atoms with Crippen molar-refractivity contribution >= 4 is 44.6 Å². The quantitative estimate of drug-likeness (QED) is 0.574. The van der Waals surface area contributed by atoms with Crippen LogP contribution in [-0.4, -0.2) is 33.3 Å². The summed E-state index contributed by atoms with van der Waals surface area (Å²) in [6.07, 6.45) is 0. The molecule has 0 spiro atoms. The molecule has 28 heavy (non-hydrogen) atoms. The number of carbonyl (C=O) groups is 1. The molecule has 0 fully saturated rings. The van der Waals surface area contributed by atoms with Crippen LogP contribution in [0.25, 0.3) is 0 Å². The van der Waals surface area contributed by atoms with Crippen LogP contribution in [0.3, 0.4) is 0 Å². The number of carbonyl (C=O) groups excluding carboxylic acids is 1. The Hall–Kier alpha value is -2.35. The number of amides is 1. The zero-order chi connectivity index (χ0) is 20.3. The maximum Gasteiger partial charge on any atom is 0.264 e. The zero-order valence-electron chi connectivity index (χ0n) is 15.4. The average molecular weight is 435 g/mol. The van der Waals surface area contributed by atoms with E-state index in [4.69, 9.17) is 11.6 Å². The number of nitrogens with zero attached hydrogens (tertiary/aromatic N) is 2. The van der Waals surface area contributed by atoms with E-state index in [0.717, 1.165) is 9.18 Å². The molecule has 0 radical (unpaired) electrons. The monoisotopic (exact) mass is 434 g/mol. The van der Waals surface area contributed by atoms with Crippen LogP contribution in [-0.2, 0) is 16.6 Å². The summed E-state index contributed by atoms with van der Waals surface area (Å²) in [4.78, 5) is 15.6. The molecule has 0 saturated heterocycles. The highest BCUT2D eigenvalue weighted by molar-refractivity contribution is 7.92. The second-order valence-electron chi connectivity index (χ2n) is 6.22. The van der Waals surface area contributed by atoms with Gasteiger partial charge >= 0.3 is 0 Å². The lowest BCUT2D eigenvalue weighted by Crippen LogP contribution is -2.28. The van der Waals surface area contributed by atoms with E-state index in [0.29, 0.717) is 22.8 Å². The Morgan fingerprint density at radius 2 is 1.75 bits per heavy atom. The molecule has 8 heteroatoms. The highest BCUT2D eigenvalue weighted by Crippen LogP contribution is 2.24. The lowest BCUT2D eigenvalue weighted by atomic mass is 10.2. The number of hydrogen-bond acceptors (Lipinski definition) is 4. The molecule has 0 unspecified atom stereocenters. The van der Waals surface area contributed by atoms with Gasteiger partial charge in [0.25, 0.3) is 15.9 Å². The molecular weight excluding hydrogens is 416 g/mol. The fourth-order valence-electron chi connectivity index (χ4n) is 2.67. The van der Waals surface area contributed by atoms with Gasteiger partial charge in [-0.05, 0) is 53.9 Å². The fourth-order valence-corrected chi connectivity index (χ4v) is 4.74. The largest absolute Gasteiger partial charge is 0.337 e. The molecule has 1 heterocycles. The van der Waals surface area contributed by atoms with E-state index in [-0.39, 0.29) is 10.8 Å². The smallest absolute Gasteiger partial charge is 0.264 e. The van der Waals surface area contributed by atoms with Crippen molar-refractivity contribution in [2.75, 3.05) is 18.4 Å². The van der Waals surface area contributed by atoms with Gasteiger partial charge in [-0.1, -0.05) is 23.7 Å². The summed E-state index contributed by atoms with van der Waals surface area (Å²) in [5.41, 5.74) is 0.833. The molecule has 0 bridgehead atoms. The summed E-state index contributed by atoms with van der Waals surface area (Å²) >= 11 is 7.43. The first-order valence-electron chi connectivity index (χ1n) is 8.41. The minimum atomic E-state index is -3.76. The Bertz CT molecular complexity index is 1070. The first kappa shape index (κ1) is 20.4. The van der Waals surface area contributed by atoms with Gasteiger partial charge in [-0.25, -0.2) is 8.42 Å². The van der Waals surface area contributed by atoms with Crippen molar-refractivity contribution in [3.8, 4) is 0 Å². The summed E-state index contributed by atoms with van der Waals surface area (Å²) in [6.45, 7) is 0.500. The second kappa shape index (κ2) is 8.34. The zero-order valence-corrected chi connectivity index (χ0v) is 17.8. The molecule has 0 aliphatic rings. The fraction of sp³-hybridized carbons (Fsp3) is 0.150. The van der Waals surface area contributed by atoms with E-state index in [9.17, 15) is 13.2 Å². The van der Waals surface area contributed by atoms with Crippen LogP contribution in [0.5, 0.6) is 0 Å². The van der Waals surface area contributed by atoms with Crippen LogP contribution < -0.4 is 4.31 Å². The Morgan fingerprint density at radius 3 is 2.39 bits per heavy atom. The van der Waals surface area contributed by atoms with Crippen molar-refractivity contribution in [3.63, 3.8) is 0 Å². The van der Waals surface area contributed by atoms with E-state index in [1.54, 1.807) is 47.5 Å². The maximum absolute atomic E-state index is 12.9. The molecule has 0 aliphatic carbocycles. The predicted molar refractivity (Wildman–Crippen MR) is 114 cm³/mol. The van der Waals surface area contributed by atoms with Crippen LogP contribution in [0.2, 0.25) is 5.02 Å². The number of benzene rings is 2. The minimum Gasteiger partial charge on any atom is -0.337 e. The molecule has 146 valence electrons. The second-order valence-corrected chi connectivity index (χ2v) is 9.66. The van der Waals surface area contributed by atoms with Gasteiger partial charge in [0.15, 0.2) is 0 Å². The van der Waals surface area contributed by atoms with Gasteiger partial charge in [0, 0.05) is 29.6 Å². The molecule has 3 rings (SSSR count). The number of halogens is 1. The van der Waals surface area contributed by atoms with E-state index in [2.05, 4.69) is 0 Å². The van der Waals surface area contributed by atoms with Gasteiger partial charge < -0.3 is 4.90 Å². The molecule has 0 N–H and O–H groups in total. The van der Waals surface area contributed by atoms with Crippen LogP contribution in [0.4, 0.5) is 5.69 Å². The van der Waals surface area contributed by atoms with Gasteiger partial charge in [-0.3, -0.25) is 9.10 Å². The SMILES string of the molecule is CN(Cc1cccs1)C(=O)c1cccc(N(C)S(=O)(=O)c2ccc(Cl)cc2)c1. The molecule has 5 nitrogen and oxygen atoms in total. The number of sulfonamides is 1. The van der Waals surface area contributed by atoms with Crippen molar-refractivity contribution in [2.45, 2.75) is 11.4 Å². The first-order valence-corrected chi connectivity index (χ1v) is 11.1. The molecular formula is C20H19ClN2O3S2. The number of anilines is 1. The van der Waals surface area contributed by atoms with Crippen molar-refractivity contribution in [1.29, 1.82) is 0 Å². The normalized spacial score (nSPS) is 11.2. The van der Waals surface area contributed by atoms with Gasteiger partial charge in [0.1, 0.15) is 0 Å². The van der Waals surface area contributed by atoms with E-state index in [1.807, 2.05) is 17.5 Å². The standard InChI is InChI=1S/C20H19ClN2O3S2/c1-22(14-18-7-4-12-27-18)20(24)15-5-3-6-17(13-15)23(2)28(25,26)19-10-8-16(21)9-11-19/h3-13H,14H2,1-2H3. The summed E-state index contributed by atoms with van der Waals surface area (Å²) in [6, 6.07) is 16.5. The lowest BCUT2D eigenvalue weighted by Gasteiger charge is -2.21. The van der Waals surface area contributed by atoms with E-state index < -0.39 is 10.0 Å². The van der Waals surface area contributed by atoms with Gasteiger partial charge in [-0.15, -0.1) is 11.3 Å². The Labute approximate surface area is 173 Å². The Morgan fingerprint density at radius 1 is 1.04 bits per heavy atom. The number of thiophene rings is 1. The van der Waals surface area contributed by atoms with Gasteiger partial charge in [-0.2, -0.15) is 0 Å². The molecule has 2 aromatic carbocycles. The molecule has 1 aromatic heterocycles. The van der Waals surface area contributed by atoms with Gasteiger partial charge in [0.05, 0.1) is 17.1 Å². The first-order chi connectivity index (χ1) is 13.3. The van der Waals surface area contributed by atoms with Crippen molar-refractivity contribution in [1.82, 2.24) is 4.90 Å². The van der Waals surface area contributed by atoms with Gasteiger partial charge in [0.2, 0.25) is 0 Å². The summed E-state index contributed by atoms with van der Waals surface area (Å²) in [5, 5.41) is 2.42. The van der Waals surface area contributed by atoms with Crippen LogP contribution >= 0.6 is 22.9 Å². The summed E-state index contributed by atoms with van der Waals surface area (Å²) < 4.78 is 26.9. The van der Waals surface area contributed by atoms with E-state index in [1.165, 1.54) is 31.3 Å². The van der Waals surface area contributed by atoms with Crippen molar-refractivity contribution in [2.24, 2.45) is 0 Å². The third kappa shape index (κ3) is 4.38. The number of hydrogen-bond donors (Lipinski definition) is 0. The topological polar surface area (TPSA) is 57.7 Å². The highest BCUT2D eigenvalue weighted by Gasteiger charge is 2.22. The Kier molecular flexibility index (Phi) is 6.07. The molecule has 3 aromatic rings. The molecule has 0 atom stereocenters. The maximum atomic E-state index is 12.9. The number of rotatable bonds is 6. The third-order valence-corrected chi connectivity index (χ3v) is 7.16. The highest BCUT2D eigenvalue weighted by atomic mass is 35.5. The lowest BCUT2D eigenvalue weighted by molar-refractivity contribution is 0.0786. The predicted octanol–water partition coefficient (Wildman–Crippen LogP) is 4.50.